The van der Waals surface area contributed by atoms with Crippen molar-refractivity contribution < 1.29 is 10.2 Å². The van der Waals surface area contributed by atoms with Crippen LogP contribution in [-0.4, -0.2) is 28.0 Å². The minimum Gasteiger partial charge on any atom is -0.432 e. The summed E-state index contributed by atoms with van der Waals surface area (Å²) in [5.74, 6) is 1.13. The van der Waals surface area contributed by atoms with Crippen LogP contribution in [-0.2, 0) is 12.8 Å². The molecule has 1 aliphatic carbocycles. The molecule has 6 heteroatoms. The molecule has 3 aromatic rings. The lowest BCUT2D eigenvalue weighted by atomic mass is 9.99. The van der Waals surface area contributed by atoms with Crippen molar-refractivity contribution in [1.29, 1.82) is 0 Å². The fourth-order valence-electron chi connectivity index (χ4n) is 3.54. The number of hydrogen-bond donors (Lipinski definition) is 2. The van der Waals surface area contributed by atoms with Gasteiger partial charge in [0.05, 0.1) is 24.2 Å². The second-order valence-corrected chi connectivity index (χ2v) is 6.42. The number of fused-ring (bicyclic) bond motifs is 5. The van der Waals surface area contributed by atoms with E-state index >= 15 is 0 Å². The predicted molar refractivity (Wildman–Crippen MR) is 89.5 cm³/mol. The van der Waals surface area contributed by atoms with Crippen LogP contribution in [0.5, 0.6) is 0 Å². The maximum atomic E-state index is 6.08. The molecular formula is C17H22N5O+. The highest BCUT2D eigenvalue weighted by atomic mass is 16.3. The van der Waals surface area contributed by atoms with Gasteiger partial charge in [-0.1, -0.05) is 13.8 Å². The fraction of sp³-hybridized carbons (Fsp3) is 0.471. The van der Waals surface area contributed by atoms with E-state index < -0.39 is 0 Å². The SMILES string of the molecule is CC(C)c1nc2oc3c(NCC[NH3+])ncnc3c2c2c1CCC2. The Morgan fingerprint density at radius 1 is 1.26 bits per heavy atom. The maximum Gasteiger partial charge on any atom is 0.229 e. The Bertz CT molecular complexity index is 884. The van der Waals surface area contributed by atoms with Crippen LogP contribution in [0, 0.1) is 0 Å². The van der Waals surface area contributed by atoms with Gasteiger partial charge in [0.15, 0.2) is 11.4 Å². The Balaban J connectivity index is 2.02. The number of aromatic nitrogens is 3. The van der Waals surface area contributed by atoms with Crippen LogP contribution in [0.15, 0.2) is 10.7 Å². The number of aryl methyl sites for hydroxylation is 1. The molecule has 0 atom stereocenters. The average Bonchev–Trinajstić information content (AvgIpc) is 3.15. The van der Waals surface area contributed by atoms with Crippen LogP contribution in [0.1, 0.15) is 43.0 Å². The number of pyridine rings is 1. The largest absolute Gasteiger partial charge is 0.432 e. The minimum atomic E-state index is 0.398. The number of anilines is 1. The first-order valence-electron chi connectivity index (χ1n) is 8.32. The third kappa shape index (κ3) is 2.16. The van der Waals surface area contributed by atoms with Crippen molar-refractivity contribution >= 4 is 28.0 Å². The molecule has 6 nitrogen and oxygen atoms in total. The first-order chi connectivity index (χ1) is 11.2. The molecule has 3 aromatic heterocycles. The maximum absolute atomic E-state index is 6.08. The number of quaternary nitrogens is 1. The molecule has 0 radical (unpaired) electrons. The van der Waals surface area contributed by atoms with E-state index in [4.69, 9.17) is 9.40 Å². The Morgan fingerprint density at radius 2 is 2.09 bits per heavy atom. The first-order valence-corrected chi connectivity index (χ1v) is 8.32. The lowest BCUT2D eigenvalue weighted by molar-refractivity contribution is -0.362. The summed E-state index contributed by atoms with van der Waals surface area (Å²) < 4.78 is 6.08. The zero-order valence-electron chi connectivity index (χ0n) is 13.6. The Labute approximate surface area is 134 Å². The minimum absolute atomic E-state index is 0.398. The van der Waals surface area contributed by atoms with Gasteiger partial charge in [-0.05, 0) is 36.3 Å². The Kier molecular flexibility index (Phi) is 3.41. The van der Waals surface area contributed by atoms with Gasteiger partial charge in [-0.25, -0.2) is 15.0 Å². The summed E-state index contributed by atoms with van der Waals surface area (Å²) >= 11 is 0. The standard InChI is InChI=1S/C17H21N5O/c1-9(2)13-11-5-3-4-10(11)12-14-15(23-17(12)22-13)16(19-7-6-18)21-8-20-14/h8-9H,3-7,18H2,1-2H3,(H,19,20,21)/p+1. The van der Waals surface area contributed by atoms with Gasteiger partial charge >= 0.3 is 0 Å². The molecule has 23 heavy (non-hydrogen) atoms. The summed E-state index contributed by atoms with van der Waals surface area (Å²) in [6.45, 7) is 5.93. The molecule has 0 aliphatic heterocycles. The van der Waals surface area contributed by atoms with Crippen LogP contribution in [0.25, 0.3) is 22.2 Å². The topological polar surface area (TPSA) is 91.5 Å². The summed E-state index contributed by atoms with van der Waals surface area (Å²) in [5, 5.41) is 4.35. The van der Waals surface area contributed by atoms with Crippen LogP contribution in [0.3, 0.4) is 0 Å². The summed E-state index contributed by atoms with van der Waals surface area (Å²) in [4.78, 5) is 13.6. The van der Waals surface area contributed by atoms with Crippen molar-refractivity contribution in [1.82, 2.24) is 15.0 Å². The zero-order chi connectivity index (χ0) is 16.0. The normalized spacial score (nSPS) is 14.1. The quantitative estimate of drug-likeness (QED) is 0.769. The van der Waals surface area contributed by atoms with Crippen molar-refractivity contribution in [3.8, 4) is 0 Å². The second kappa shape index (κ2) is 5.45. The lowest BCUT2D eigenvalue weighted by Crippen LogP contribution is -2.53. The van der Waals surface area contributed by atoms with Gasteiger partial charge in [0.1, 0.15) is 11.8 Å². The summed E-state index contributed by atoms with van der Waals surface area (Å²) in [7, 11) is 0. The molecule has 0 amide bonds. The van der Waals surface area contributed by atoms with Crippen molar-refractivity contribution in [3.05, 3.63) is 23.1 Å². The molecule has 3 heterocycles. The van der Waals surface area contributed by atoms with Crippen molar-refractivity contribution in [2.75, 3.05) is 18.4 Å². The number of nitrogens with zero attached hydrogens (tertiary/aromatic N) is 3. The molecule has 0 aromatic carbocycles. The third-order valence-corrected chi connectivity index (χ3v) is 4.52. The molecule has 0 saturated carbocycles. The van der Waals surface area contributed by atoms with Crippen LogP contribution in [0.4, 0.5) is 5.82 Å². The van der Waals surface area contributed by atoms with E-state index in [-0.39, 0.29) is 0 Å². The molecule has 0 bridgehead atoms. The third-order valence-electron chi connectivity index (χ3n) is 4.52. The van der Waals surface area contributed by atoms with Crippen molar-refractivity contribution in [3.63, 3.8) is 0 Å². The second-order valence-electron chi connectivity index (χ2n) is 6.42. The van der Waals surface area contributed by atoms with E-state index in [9.17, 15) is 0 Å². The number of furan rings is 1. The lowest BCUT2D eigenvalue weighted by Gasteiger charge is -2.10. The molecule has 4 N–H and O–H groups in total. The summed E-state index contributed by atoms with van der Waals surface area (Å²) in [5.41, 5.74) is 10.1. The Morgan fingerprint density at radius 3 is 2.87 bits per heavy atom. The summed E-state index contributed by atoms with van der Waals surface area (Å²) in [6, 6.07) is 0. The van der Waals surface area contributed by atoms with E-state index in [0.717, 1.165) is 42.7 Å². The fourth-order valence-corrected chi connectivity index (χ4v) is 3.54. The number of rotatable bonds is 4. The highest BCUT2D eigenvalue weighted by Gasteiger charge is 2.26. The van der Waals surface area contributed by atoms with Crippen molar-refractivity contribution in [2.45, 2.75) is 39.0 Å². The van der Waals surface area contributed by atoms with E-state index in [0.29, 0.717) is 17.2 Å². The highest BCUT2D eigenvalue weighted by molar-refractivity contribution is 6.06. The van der Waals surface area contributed by atoms with Crippen molar-refractivity contribution in [2.24, 2.45) is 0 Å². The molecule has 0 saturated heterocycles. The van der Waals surface area contributed by atoms with Gasteiger partial charge in [0.25, 0.3) is 0 Å². The molecule has 1 aliphatic rings. The molecule has 4 rings (SSSR count). The van der Waals surface area contributed by atoms with Crippen LogP contribution in [0.2, 0.25) is 0 Å². The Hall–Kier alpha value is -2.21. The van der Waals surface area contributed by atoms with Gasteiger partial charge in [-0.3, -0.25) is 0 Å². The van der Waals surface area contributed by atoms with Gasteiger partial charge in [0.2, 0.25) is 5.71 Å². The molecular weight excluding hydrogens is 290 g/mol. The van der Waals surface area contributed by atoms with E-state index in [1.807, 2.05) is 0 Å². The highest BCUT2D eigenvalue weighted by Crippen LogP contribution is 2.39. The molecule has 0 unspecified atom stereocenters. The van der Waals surface area contributed by atoms with Gasteiger partial charge in [-0.15, -0.1) is 0 Å². The van der Waals surface area contributed by atoms with E-state index in [1.54, 1.807) is 6.33 Å². The zero-order valence-corrected chi connectivity index (χ0v) is 13.6. The van der Waals surface area contributed by atoms with Gasteiger partial charge in [0, 0.05) is 0 Å². The van der Waals surface area contributed by atoms with Crippen LogP contribution < -0.4 is 11.1 Å². The number of hydrogen-bond acceptors (Lipinski definition) is 5. The first kappa shape index (κ1) is 14.4. The number of nitrogens with one attached hydrogen (secondary N) is 1. The summed E-state index contributed by atoms with van der Waals surface area (Å²) in [6.07, 6.45) is 4.96. The monoisotopic (exact) mass is 312 g/mol. The molecule has 120 valence electrons. The van der Waals surface area contributed by atoms with E-state index in [1.165, 1.54) is 23.2 Å². The molecule has 0 spiro atoms. The van der Waals surface area contributed by atoms with Crippen LogP contribution >= 0.6 is 0 Å². The van der Waals surface area contributed by atoms with E-state index in [2.05, 4.69) is 34.9 Å². The smallest absolute Gasteiger partial charge is 0.229 e. The van der Waals surface area contributed by atoms with Gasteiger partial charge in [-0.2, -0.15) is 0 Å². The molecule has 0 fully saturated rings. The average molecular weight is 312 g/mol. The predicted octanol–water partition coefficient (Wildman–Crippen LogP) is 2.04. The van der Waals surface area contributed by atoms with Gasteiger partial charge < -0.3 is 15.5 Å².